The molecule has 0 unspecified atom stereocenters. The fraction of sp³-hybridized carbons (Fsp3) is 0.333. The molecule has 0 spiro atoms. The molecule has 2 aromatic carbocycles. The number of halogens is 1. The van der Waals surface area contributed by atoms with Crippen LogP contribution in [-0.2, 0) is 4.79 Å². The largest absolute Gasteiger partial charge is 0.299 e. The van der Waals surface area contributed by atoms with Crippen molar-refractivity contribution in [3.05, 3.63) is 69.2 Å². The highest BCUT2D eigenvalue weighted by Crippen LogP contribution is 2.35. The van der Waals surface area contributed by atoms with Crippen molar-refractivity contribution in [2.24, 2.45) is 5.10 Å². The summed E-state index contributed by atoms with van der Waals surface area (Å²) in [5, 5.41) is 25.1. The van der Waals surface area contributed by atoms with Gasteiger partial charge in [-0.3, -0.25) is 19.5 Å². The minimum Gasteiger partial charge on any atom is -0.299 e. The molecule has 0 bridgehead atoms. The van der Waals surface area contributed by atoms with E-state index in [2.05, 4.69) is 25.3 Å². The smallest absolute Gasteiger partial charge is 0.269 e. The van der Waals surface area contributed by atoms with E-state index in [0.717, 1.165) is 37.1 Å². The Morgan fingerprint density at radius 3 is 2.49 bits per heavy atom. The first-order chi connectivity index (χ1) is 16.9. The molecule has 1 fully saturated rings. The molecule has 0 radical (unpaired) electrons. The maximum absolute atomic E-state index is 12.5. The Bertz CT molecular complexity index is 1220. The van der Waals surface area contributed by atoms with E-state index in [4.69, 9.17) is 11.6 Å². The standard InChI is InChI=1S/C24H25ClN6O3S/c1-16(17-9-13-21(14-10-17)31(33)34)26-27-22(32)15-35-24-29-28-23(18-7-11-19(25)12-8-18)30(24)20-5-3-2-4-6-20/h7-14,20H,2-6,15H2,1H3,(H,27,32)/b26-16-. The number of hydrogen-bond donors (Lipinski definition) is 1. The van der Waals surface area contributed by atoms with Gasteiger partial charge in [-0.2, -0.15) is 5.10 Å². The summed E-state index contributed by atoms with van der Waals surface area (Å²) in [6, 6.07) is 13.8. The maximum atomic E-state index is 12.5. The number of hydrogen-bond acceptors (Lipinski definition) is 7. The molecule has 3 aromatic rings. The van der Waals surface area contributed by atoms with Crippen molar-refractivity contribution in [1.82, 2.24) is 20.2 Å². The van der Waals surface area contributed by atoms with E-state index >= 15 is 0 Å². The van der Waals surface area contributed by atoms with E-state index in [-0.39, 0.29) is 23.4 Å². The lowest BCUT2D eigenvalue weighted by molar-refractivity contribution is -0.384. The molecular formula is C24H25ClN6O3S. The second-order valence-electron chi connectivity index (χ2n) is 8.30. The highest BCUT2D eigenvalue weighted by atomic mass is 35.5. The van der Waals surface area contributed by atoms with Crippen molar-refractivity contribution >= 4 is 40.7 Å². The summed E-state index contributed by atoms with van der Waals surface area (Å²) in [4.78, 5) is 22.8. The van der Waals surface area contributed by atoms with Gasteiger partial charge in [-0.25, -0.2) is 5.43 Å². The molecule has 182 valence electrons. The van der Waals surface area contributed by atoms with Gasteiger partial charge in [-0.1, -0.05) is 42.6 Å². The molecule has 1 N–H and O–H groups in total. The third-order valence-electron chi connectivity index (χ3n) is 5.88. The predicted octanol–water partition coefficient (Wildman–Crippen LogP) is 5.64. The number of thioether (sulfide) groups is 1. The summed E-state index contributed by atoms with van der Waals surface area (Å²) < 4.78 is 2.16. The van der Waals surface area contributed by atoms with Crippen molar-refractivity contribution in [2.45, 2.75) is 50.2 Å². The summed E-state index contributed by atoms with van der Waals surface area (Å²) in [6.07, 6.45) is 5.65. The van der Waals surface area contributed by atoms with Crippen molar-refractivity contribution in [2.75, 3.05) is 5.75 Å². The number of hydrazone groups is 1. The van der Waals surface area contributed by atoms with Crippen LogP contribution < -0.4 is 5.43 Å². The number of carbonyl (C=O) groups is 1. The lowest BCUT2D eigenvalue weighted by Gasteiger charge is -2.25. The first-order valence-electron chi connectivity index (χ1n) is 11.3. The minimum absolute atomic E-state index is 0.00188. The first-order valence-corrected chi connectivity index (χ1v) is 12.7. The van der Waals surface area contributed by atoms with Crippen LogP contribution in [0.25, 0.3) is 11.4 Å². The number of nitro groups is 1. The van der Waals surface area contributed by atoms with Crippen LogP contribution in [0.15, 0.2) is 58.8 Å². The topological polar surface area (TPSA) is 115 Å². The Labute approximate surface area is 212 Å². The fourth-order valence-electron chi connectivity index (χ4n) is 4.04. The van der Waals surface area contributed by atoms with Gasteiger partial charge in [0.25, 0.3) is 11.6 Å². The highest BCUT2D eigenvalue weighted by Gasteiger charge is 2.24. The lowest BCUT2D eigenvalue weighted by atomic mass is 9.95. The fourth-order valence-corrected chi connectivity index (χ4v) is 4.96. The Hall–Kier alpha value is -3.24. The quantitative estimate of drug-likeness (QED) is 0.180. The van der Waals surface area contributed by atoms with Crippen LogP contribution in [0.5, 0.6) is 0 Å². The molecule has 9 nitrogen and oxygen atoms in total. The summed E-state index contributed by atoms with van der Waals surface area (Å²) >= 11 is 7.39. The number of amides is 1. The van der Waals surface area contributed by atoms with E-state index < -0.39 is 4.92 Å². The SMILES string of the molecule is C/C(=N/NC(=O)CSc1nnc(-c2ccc(Cl)cc2)n1C1CCCCC1)c1ccc([N+](=O)[O-])cc1. The molecule has 1 aliphatic rings. The molecule has 1 aromatic heterocycles. The molecule has 1 amide bonds. The van der Waals surface area contributed by atoms with E-state index in [1.54, 1.807) is 19.1 Å². The van der Waals surface area contributed by atoms with Gasteiger partial charge in [0.2, 0.25) is 0 Å². The van der Waals surface area contributed by atoms with Crippen molar-refractivity contribution in [3.63, 3.8) is 0 Å². The lowest BCUT2D eigenvalue weighted by Crippen LogP contribution is -2.22. The normalized spacial score (nSPS) is 14.6. The van der Waals surface area contributed by atoms with Crippen LogP contribution >= 0.6 is 23.4 Å². The van der Waals surface area contributed by atoms with Crippen LogP contribution in [0, 0.1) is 10.1 Å². The number of carbonyl (C=O) groups excluding carboxylic acids is 1. The molecule has 1 saturated carbocycles. The Kier molecular flexibility index (Phi) is 8.14. The molecular weight excluding hydrogens is 488 g/mol. The first kappa shape index (κ1) is 24.9. The zero-order valence-corrected chi connectivity index (χ0v) is 20.8. The predicted molar refractivity (Wildman–Crippen MR) is 137 cm³/mol. The van der Waals surface area contributed by atoms with Crippen molar-refractivity contribution < 1.29 is 9.72 Å². The molecule has 0 atom stereocenters. The van der Waals surface area contributed by atoms with E-state index in [0.29, 0.717) is 21.5 Å². The highest BCUT2D eigenvalue weighted by molar-refractivity contribution is 7.99. The van der Waals surface area contributed by atoms with Gasteiger partial charge in [0.1, 0.15) is 0 Å². The summed E-state index contributed by atoms with van der Waals surface area (Å²) in [6.45, 7) is 1.73. The summed E-state index contributed by atoms with van der Waals surface area (Å²) in [5.74, 6) is 0.633. The van der Waals surface area contributed by atoms with Crippen molar-refractivity contribution in [1.29, 1.82) is 0 Å². The molecule has 35 heavy (non-hydrogen) atoms. The second-order valence-corrected chi connectivity index (χ2v) is 9.68. The van der Waals surface area contributed by atoms with Gasteiger partial charge in [0, 0.05) is 28.8 Å². The van der Waals surface area contributed by atoms with Gasteiger partial charge in [-0.05, 0) is 61.7 Å². The van der Waals surface area contributed by atoms with Crippen LogP contribution in [0.1, 0.15) is 50.6 Å². The zero-order valence-electron chi connectivity index (χ0n) is 19.2. The van der Waals surface area contributed by atoms with Gasteiger partial charge >= 0.3 is 0 Å². The maximum Gasteiger partial charge on any atom is 0.269 e. The van der Waals surface area contributed by atoms with Crippen LogP contribution in [-0.4, -0.2) is 37.1 Å². The van der Waals surface area contributed by atoms with E-state index in [1.807, 2.05) is 24.3 Å². The summed E-state index contributed by atoms with van der Waals surface area (Å²) in [7, 11) is 0. The number of aromatic nitrogens is 3. The molecule has 4 rings (SSSR count). The molecule has 1 aliphatic carbocycles. The number of nitrogens with one attached hydrogen (secondary N) is 1. The van der Waals surface area contributed by atoms with Crippen LogP contribution in [0.4, 0.5) is 5.69 Å². The number of benzene rings is 2. The van der Waals surface area contributed by atoms with E-state index in [1.165, 1.54) is 30.3 Å². The van der Waals surface area contributed by atoms with Gasteiger partial charge < -0.3 is 0 Å². The van der Waals surface area contributed by atoms with Gasteiger partial charge in [0.15, 0.2) is 11.0 Å². The third kappa shape index (κ3) is 6.26. The number of nitrogens with zero attached hydrogens (tertiary/aromatic N) is 5. The van der Waals surface area contributed by atoms with Gasteiger partial charge in [-0.15, -0.1) is 10.2 Å². The van der Waals surface area contributed by atoms with Crippen LogP contribution in [0.2, 0.25) is 5.02 Å². The minimum atomic E-state index is -0.459. The number of nitro benzene ring substituents is 1. The Balaban J connectivity index is 1.44. The number of non-ortho nitro benzene ring substituents is 1. The Morgan fingerprint density at radius 1 is 1.14 bits per heavy atom. The molecule has 1 heterocycles. The second kappa shape index (κ2) is 11.5. The Morgan fingerprint density at radius 2 is 1.83 bits per heavy atom. The average Bonchev–Trinajstić information content (AvgIpc) is 3.31. The third-order valence-corrected chi connectivity index (χ3v) is 7.08. The zero-order chi connectivity index (χ0) is 24.8. The molecule has 11 heteroatoms. The number of rotatable bonds is 8. The van der Waals surface area contributed by atoms with Gasteiger partial charge in [0.05, 0.1) is 16.4 Å². The summed E-state index contributed by atoms with van der Waals surface area (Å²) in [5.41, 5.74) is 4.73. The van der Waals surface area contributed by atoms with Crippen molar-refractivity contribution in [3.8, 4) is 11.4 Å². The van der Waals surface area contributed by atoms with E-state index in [9.17, 15) is 14.9 Å². The molecule has 0 saturated heterocycles. The van der Waals surface area contributed by atoms with Crippen LogP contribution in [0.3, 0.4) is 0 Å². The molecule has 0 aliphatic heterocycles. The average molecular weight is 513 g/mol. The monoisotopic (exact) mass is 512 g/mol.